The van der Waals surface area contributed by atoms with Crippen molar-refractivity contribution < 1.29 is 22.4 Å². The fourth-order valence-corrected chi connectivity index (χ4v) is 1.70. The topological polar surface area (TPSA) is 20.3 Å². The van der Waals surface area contributed by atoms with Crippen molar-refractivity contribution in [1.29, 1.82) is 0 Å². The highest BCUT2D eigenvalue weighted by molar-refractivity contribution is 6.03. The zero-order chi connectivity index (χ0) is 14.8. The number of carbonyl (C=O) groups excluding carboxylic acids is 1. The van der Waals surface area contributed by atoms with E-state index in [4.69, 9.17) is 0 Å². The molecule has 0 atom stereocenters. The van der Waals surface area contributed by atoms with Crippen molar-refractivity contribution in [3.8, 4) is 0 Å². The first-order valence-corrected chi connectivity index (χ1v) is 5.62. The maximum atomic E-state index is 13.7. The molecule has 2 aromatic carbocycles. The molecule has 0 spiro atoms. The number of nitrogens with zero attached hydrogens (tertiary/aromatic N) is 1. The Bertz CT molecular complexity index is 610. The standard InChI is InChI=1S/C14H9F4NO/c15-11-8-4-5-9-12(11)19(13(20)14(16,17)18)10-6-2-1-3-7-10/h1-9H. The second-order valence-electron chi connectivity index (χ2n) is 3.93. The molecule has 0 N–H and O–H groups in total. The largest absolute Gasteiger partial charge is 0.472 e. The van der Waals surface area contributed by atoms with Crippen LogP contribution in [0.3, 0.4) is 0 Å². The van der Waals surface area contributed by atoms with Crippen LogP contribution in [-0.4, -0.2) is 12.1 Å². The van der Waals surface area contributed by atoms with Gasteiger partial charge in [-0.3, -0.25) is 9.69 Å². The minimum Gasteiger partial charge on any atom is -0.270 e. The van der Waals surface area contributed by atoms with Crippen LogP contribution in [0.1, 0.15) is 0 Å². The first-order chi connectivity index (χ1) is 9.41. The summed E-state index contributed by atoms with van der Waals surface area (Å²) in [4.78, 5) is 11.9. The molecular weight excluding hydrogens is 274 g/mol. The van der Waals surface area contributed by atoms with Crippen LogP contribution >= 0.6 is 0 Å². The van der Waals surface area contributed by atoms with Gasteiger partial charge in [0.15, 0.2) is 0 Å². The first kappa shape index (κ1) is 14.0. The van der Waals surface area contributed by atoms with E-state index in [2.05, 4.69) is 0 Å². The van der Waals surface area contributed by atoms with Crippen molar-refractivity contribution in [2.45, 2.75) is 6.18 Å². The molecule has 0 aliphatic carbocycles. The van der Waals surface area contributed by atoms with Gasteiger partial charge in [0.05, 0.1) is 5.69 Å². The number of hydrogen-bond acceptors (Lipinski definition) is 1. The highest BCUT2D eigenvalue weighted by atomic mass is 19.4. The molecule has 2 rings (SSSR count). The van der Waals surface area contributed by atoms with Crippen molar-refractivity contribution in [2.75, 3.05) is 4.90 Å². The summed E-state index contributed by atoms with van der Waals surface area (Å²) in [6.45, 7) is 0. The van der Waals surface area contributed by atoms with E-state index in [-0.39, 0.29) is 5.69 Å². The van der Waals surface area contributed by atoms with Gasteiger partial charge in [0.2, 0.25) is 0 Å². The zero-order valence-electron chi connectivity index (χ0n) is 10.1. The number of amides is 1. The number of carbonyl (C=O) groups is 1. The van der Waals surface area contributed by atoms with Gasteiger partial charge < -0.3 is 0 Å². The lowest BCUT2D eigenvalue weighted by Crippen LogP contribution is -2.38. The molecule has 0 unspecified atom stereocenters. The normalized spacial score (nSPS) is 11.2. The molecule has 0 heterocycles. The van der Waals surface area contributed by atoms with Crippen molar-refractivity contribution in [3.05, 3.63) is 60.4 Å². The van der Waals surface area contributed by atoms with Crippen LogP contribution in [0, 0.1) is 5.82 Å². The third-order valence-electron chi connectivity index (χ3n) is 2.55. The number of hydrogen-bond donors (Lipinski definition) is 0. The Morgan fingerprint density at radius 3 is 2.00 bits per heavy atom. The maximum Gasteiger partial charge on any atom is 0.472 e. The predicted molar refractivity (Wildman–Crippen MR) is 66.0 cm³/mol. The summed E-state index contributed by atoms with van der Waals surface area (Å²) in [5, 5.41) is 0. The Morgan fingerprint density at radius 1 is 0.900 bits per heavy atom. The monoisotopic (exact) mass is 283 g/mol. The van der Waals surface area contributed by atoms with Crippen molar-refractivity contribution in [3.63, 3.8) is 0 Å². The minimum atomic E-state index is -5.10. The van der Waals surface area contributed by atoms with Crippen molar-refractivity contribution >= 4 is 17.3 Å². The minimum absolute atomic E-state index is 0.0556. The quantitative estimate of drug-likeness (QED) is 0.761. The van der Waals surface area contributed by atoms with E-state index in [0.717, 1.165) is 12.1 Å². The van der Waals surface area contributed by atoms with Crippen molar-refractivity contribution in [2.24, 2.45) is 0 Å². The Hall–Kier alpha value is -2.37. The lowest BCUT2D eigenvalue weighted by Gasteiger charge is -2.24. The first-order valence-electron chi connectivity index (χ1n) is 5.62. The summed E-state index contributed by atoms with van der Waals surface area (Å²) >= 11 is 0. The van der Waals surface area contributed by atoms with Gasteiger partial charge in [0, 0.05) is 5.69 Å². The van der Waals surface area contributed by atoms with Gasteiger partial charge in [-0.2, -0.15) is 13.2 Å². The highest BCUT2D eigenvalue weighted by Crippen LogP contribution is 2.32. The van der Waals surface area contributed by atoms with Crippen LogP contribution in [0.4, 0.5) is 28.9 Å². The molecule has 6 heteroatoms. The molecule has 0 saturated heterocycles. The molecule has 20 heavy (non-hydrogen) atoms. The lowest BCUT2D eigenvalue weighted by atomic mass is 10.2. The van der Waals surface area contributed by atoms with E-state index >= 15 is 0 Å². The molecule has 0 aliphatic rings. The number of rotatable bonds is 2. The van der Waals surface area contributed by atoms with Gasteiger partial charge in [0.1, 0.15) is 5.82 Å². The van der Waals surface area contributed by atoms with Crippen LogP contribution in [0.2, 0.25) is 0 Å². The second kappa shape index (κ2) is 5.32. The van der Waals surface area contributed by atoms with E-state index in [1.165, 1.54) is 36.4 Å². The van der Waals surface area contributed by atoms with Crippen LogP contribution in [0.5, 0.6) is 0 Å². The van der Waals surface area contributed by atoms with Crippen molar-refractivity contribution in [1.82, 2.24) is 0 Å². The van der Waals surface area contributed by atoms with Gasteiger partial charge in [-0.1, -0.05) is 30.3 Å². The number of benzene rings is 2. The molecule has 0 radical (unpaired) electrons. The molecule has 0 bridgehead atoms. The summed E-state index contributed by atoms with van der Waals surface area (Å²) in [6.07, 6.45) is -5.10. The highest BCUT2D eigenvalue weighted by Gasteiger charge is 2.44. The van der Waals surface area contributed by atoms with Gasteiger partial charge in [-0.05, 0) is 24.3 Å². The molecule has 2 aromatic rings. The van der Waals surface area contributed by atoms with Crippen LogP contribution in [0.15, 0.2) is 54.6 Å². The van der Waals surface area contributed by atoms with Gasteiger partial charge in [-0.25, -0.2) is 4.39 Å². The third-order valence-corrected chi connectivity index (χ3v) is 2.55. The molecule has 0 aromatic heterocycles. The van der Waals surface area contributed by atoms with Crippen LogP contribution in [-0.2, 0) is 4.79 Å². The average Bonchev–Trinajstić information content (AvgIpc) is 2.41. The Morgan fingerprint density at radius 2 is 1.45 bits per heavy atom. The SMILES string of the molecule is O=C(N(c1ccccc1)c1ccccc1F)C(F)(F)F. The van der Waals surface area contributed by atoms with Gasteiger partial charge >= 0.3 is 12.1 Å². The molecular formula is C14H9F4NO. The van der Waals surface area contributed by atoms with Crippen LogP contribution < -0.4 is 4.90 Å². The third kappa shape index (κ3) is 2.79. The van der Waals surface area contributed by atoms with Crippen LogP contribution in [0.25, 0.3) is 0 Å². The number of anilines is 2. The molecule has 104 valence electrons. The molecule has 0 saturated carbocycles. The summed E-state index contributed by atoms with van der Waals surface area (Å²) in [7, 11) is 0. The summed E-state index contributed by atoms with van der Waals surface area (Å²) in [5.74, 6) is -3.05. The molecule has 0 fully saturated rings. The fraction of sp³-hybridized carbons (Fsp3) is 0.0714. The van der Waals surface area contributed by atoms with E-state index in [1.54, 1.807) is 6.07 Å². The van der Waals surface area contributed by atoms with E-state index < -0.39 is 23.6 Å². The Labute approximate surface area is 112 Å². The number of alkyl halides is 3. The average molecular weight is 283 g/mol. The summed E-state index contributed by atoms with van der Waals surface area (Å²) < 4.78 is 51.8. The van der Waals surface area contributed by atoms with Gasteiger partial charge in [0.25, 0.3) is 0 Å². The molecule has 0 aliphatic heterocycles. The lowest BCUT2D eigenvalue weighted by molar-refractivity contribution is -0.169. The van der Waals surface area contributed by atoms with E-state index in [1.807, 2.05) is 0 Å². The van der Waals surface area contributed by atoms with E-state index in [9.17, 15) is 22.4 Å². The molecule has 2 nitrogen and oxygen atoms in total. The maximum absolute atomic E-state index is 13.7. The summed E-state index contributed by atoms with van der Waals surface area (Å²) in [5.41, 5.74) is -0.499. The second-order valence-corrected chi connectivity index (χ2v) is 3.93. The smallest absolute Gasteiger partial charge is 0.270 e. The Kier molecular flexibility index (Phi) is 3.74. The number of para-hydroxylation sites is 2. The van der Waals surface area contributed by atoms with Gasteiger partial charge in [-0.15, -0.1) is 0 Å². The van der Waals surface area contributed by atoms with E-state index in [0.29, 0.717) is 4.90 Å². The zero-order valence-corrected chi connectivity index (χ0v) is 10.1. The predicted octanol–water partition coefficient (Wildman–Crippen LogP) is 4.05. The summed E-state index contributed by atoms with van der Waals surface area (Å²) in [6, 6.07) is 11.9. The number of halogens is 4. The molecule has 1 amide bonds. The fourth-order valence-electron chi connectivity index (χ4n) is 1.70. The Balaban J connectivity index is 2.57.